The van der Waals surface area contributed by atoms with Crippen molar-refractivity contribution < 1.29 is 14.3 Å². The van der Waals surface area contributed by atoms with E-state index in [1.54, 1.807) is 19.4 Å². The molecule has 3 aromatic rings. The standard InChI is InChI=1S/C20H17ClN2O3S/c1-3-10-26-14-6-4-13(5-7-14)12-22-23-20(24)19-18(21)16-9-8-15(25-2)11-17(16)27-19/h3-9,11-12H,1,10H2,2H3,(H,23,24)/b22-12-. The molecule has 1 N–H and O–H groups in total. The summed E-state index contributed by atoms with van der Waals surface area (Å²) < 4.78 is 11.5. The molecule has 2 aromatic carbocycles. The van der Waals surface area contributed by atoms with Crippen LogP contribution in [0.4, 0.5) is 0 Å². The Labute approximate surface area is 165 Å². The first kappa shape index (κ1) is 18.9. The van der Waals surface area contributed by atoms with Crippen LogP contribution in [0, 0.1) is 0 Å². The zero-order chi connectivity index (χ0) is 19.2. The van der Waals surface area contributed by atoms with Crippen LogP contribution in [0.5, 0.6) is 11.5 Å². The number of thiophene rings is 1. The Morgan fingerprint density at radius 3 is 2.70 bits per heavy atom. The fourth-order valence-corrected chi connectivity index (χ4v) is 3.78. The largest absolute Gasteiger partial charge is 0.497 e. The highest BCUT2D eigenvalue weighted by Crippen LogP contribution is 2.37. The van der Waals surface area contributed by atoms with Gasteiger partial charge in [0.2, 0.25) is 0 Å². The molecule has 0 aliphatic heterocycles. The van der Waals surface area contributed by atoms with Gasteiger partial charge >= 0.3 is 0 Å². The van der Waals surface area contributed by atoms with Crippen LogP contribution in [-0.2, 0) is 0 Å². The summed E-state index contributed by atoms with van der Waals surface area (Å²) in [4.78, 5) is 12.8. The average Bonchev–Trinajstić information content (AvgIpc) is 3.03. The zero-order valence-corrected chi connectivity index (χ0v) is 16.1. The number of hydrogen-bond acceptors (Lipinski definition) is 5. The molecule has 0 radical (unpaired) electrons. The molecule has 3 rings (SSSR count). The Morgan fingerprint density at radius 1 is 1.26 bits per heavy atom. The molecule has 0 saturated heterocycles. The number of ether oxygens (including phenoxy) is 2. The summed E-state index contributed by atoms with van der Waals surface area (Å²) in [6.45, 7) is 4.05. The van der Waals surface area contributed by atoms with Crippen LogP contribution in [0.1, 0.15) is 15.2 Å². The highest BCUT2D eigenvalue weighted by molar-refractivity contribution is 7.21. The van der Waals surface area contributed by atoms with Gasteiger partial charge in [0.25, 0.3) is 5.91 Å². The van der Waals surface area contributed by atoms with Crippen LogP contribution in [0.15, 0.2) is 60.2 Å². The van der Waals surface area contributed by atoms with E-state index in [-0.39, 0.29) is 5.91 Å². The minimum atomic E-state index is -0.359. The molecule has 0 aliphatic rings. The second-order valence-electron chi connectivity index (χ2n) is 5.48. The molecule has 1 heterocycles. The van der Waals surface area contributed by atoms with Crippen LogP contribution in [-0.4, -0.2) is 25.8 Å². The monoisotopic (exact) mass is 400 g/mol. The van der Waals surface area contributed by atoms with Gasteiger partial charge in [-0.05, 0) is 48.0 Å². The van der Waals surface area contributed by atoms with Gasteiger partial charge in [0, 0.05) is 10.1 Å². The van der Waals surface area contributed by atoms with E-state index in [0.717, 1.165) is 21.4 Å². The van der Waals surface area contributed by atoms with Crippen molar-refractivity contribution in [2.75, 3.05) is 13.7 Å². The Morgan fingerprint density at radius 2 is 2.00 bits per heavy atom. The molecule has 0 spiro atoms. The molecule has 0 saturated carbocycles. The molecule has 5 nitrogen and oxygen atoms in total. The number of halogens is 1. The minimum Gasteiger partial charge on any atom is -0.497 e. The number of amides is 1. The van der Waals surface area contributed by atoms with Crippen molar-refractivity contribution >= 4 is 45.1 Å². The first-order valence-corrected chi connectivity index (χ1v) is 9.25. The second kappa shape index (κ2) is 8.70. The molecule has 0 fully saturated rings. The Bertz CT molecular complexity index is 996. The number of nitrogens with zero attached hydrogens (tertiary/aromatic N) is 1. The van der Waals surface area contributed by atoms with E-state index in [1.807, 2.05) is 42.5 Å². The van der Waals surface area contributed by atoms with Crippen LogP contribution >= 0.6 is 22.9 Å². The molecule has 0 bridgehead atoms. The van der Waals surface area contributed by atoms with E-state index in [0.29, 0.717) is 22.3 Å². The minimum absolute atomic E-state index is 0.359. The highest BCUT2D eigenvalue weighted by atomic mass is 35.5. The first-order valence-electron chi connectivity index (χ1n) is 8.05. The van der Waals surface area contributed by atoms with Gasteiger partial charge in [-0.2, -0.15) is 5.10 Å². The van der Waals surface area contributed by atoms with Crippen LogP contribution < -0.4 is 14.9 Å². The summed E-state index contributed by atoms with van der Waals surface area (Å²) in [5.74, 6) is 1.09. The van der Waals surface area contributed by atoms with E-state index in [2.05, 4.69) is 17.1 Å². The lowest BCUT2D eigenvalue weighted by Gasteiger charge is -2.02. The van der Waals surface area contributed by atoms with Gasteiger partial charge in [0.05, 0.1) is 18.3 Å². The number of methoxy groups -OCH3 is 1. The van der Waals surface area contributed by atoms with Crippen molar-refractivity contribution in [2.24, 2.45) is 5.10 Å². The maximum absolute atomic E-state index is 12.4. The summed E-state index contributed by atoms with van der Waals surface area (Å²) in [6.07, 6.45) is 3.24. The molecule has 0 aliphatic carbocycles. The van der Waals surface area contributed by atoms with Gasteiger partial charge in [-0.25, -0.2) is 5.43 Å². The number of hydrazone groups is 1. The van der Waals surface area contributed by atoms with E-state index in [9.17, 15) is 4.79 Å². The SMILES string of the molecule is C=CCOc1ccc(/C=N\NC(=O)c2sc3cc(OC)ccc3c2Cl)cc1. The summed E-state index contributed by atoms with van der Waals surface area (Å²) in [7, 11) is 1.59. The second-order valence-corrected chi connectivity index (χ2v) is 6.91. The predicted octanol–water partition coefficient (Wildman–Crippen LogP) is 4.89. The molecule has 0 atom stereocenters. The smallest absolute Gasteiger partial charge is 0.283 e. The first-order chi connectivity index (χ1) is 13.1. The molecule has 1 aromatic heterocycles. The molecular weight excluding hydrogens is 384 g/mol. The van der Waals surface area contributed by atoms with Gasteiger partial charge in [-0.15, -0.1) is 11.3 Å². The van der Waals surface area contributed by atoms with E-state index in [1.165, 1.54) is 11.3 Å². The number of rotatable bonds is 7. The van der Waals surface area contributed by atoms with Crippen molar-refractivity contribution in [1.82, 2.24) is 5.43 Å². The molecule has 27 heavy (non-hydrogen) atoms. The summed E-state index contributed by atoms with van der Waals surface area (Å²) >= 11 is 7.63. The predicted molar refractivity (Wildman–Crippen MR) is 111 cm³/mol. The third kappa shape index (κ3) is 4.48. The Balaban J connectivity index is 1.68. The zero-order valence-electron chi connectivity index (χ0n) is 14.6. The van der Waals surface area contributed by atoms with E-state index >= 15 is 0 Å². The van der Waals surface area contributed by atoms with Crippen molar-refractivity contribution in [3.8, 4) is 11.5 Å². The number of benzene rings is 2. The maximum Gasteiger partial charge on any atom is 0.283 e. The van der Waals surface area contributed by atoms with Crippen LogP contribution in [0.2, 0.25) is 5.02 Å². The Hall–Kier alpha value is -2.83. The van der Waals surface area contributed by atoms with Crippen LogP contribution in [0.3, 0.4) is 0 Å². The number of carbonyl (C=O) groups is 1. The lowest BCUT2D eigenvalue weighted by molar-refractivity contribution is 0.0959. The average molecular weight is 401 g/mol. The fourth-order valence-electron chi connectivity index (χ4n) is 2.34. The third-order valence-electron chi connectivity index (χ3n) is 3.67. The van der Waals surface area contributed by atoms with Gasteiger partial charge < -0.3 is 9.47 Å². The molecule has 7 heteroatoms. The summed E-state index contributed by atoms with van der Waals surface area (Å²) in [5.41, 5.74) is 3.33. The van der Waals surface area contributed by atoms with Crippen molar-refractivity contribution in [2.45, 2.75) is 0 Å². The van der Waals surface area contributed by atoms with Gasteiger partial charge in [0.15, 0.2) is 0 Å². The Kier molecular flexibility index (Phi) is 6.11. The lowest BCUT2D eigenvalue weighted by Crippen LogP contribution is -2.16. The summed E-state index contributed by atoms with van der Waals surface area (Å²) in [5, 5.41) is 5.22. The van der Waals surface area contributed by atoms with E-state index in [4.69, 9.17) is 21.1 Å². The normalized spacial score (nSPS) is 10.9. The number of hydrogen-bond donors (Lipinski definition) is 1. The van der Waals surface area contributed by atoms with Gasteiger partial charge in [-0.3, -0.25) is 4.79 Å². The number of carbonyl (C=O) groups excluding carboxylic acids is 1. The van der Waals surface area contributed by atoms with Crippen molar-refractivity contribution in [3.63, 3.8) is 0 Å². The molecule has 0 unspecified atom stereocenters. The maximum atomic E-state index is 12.4. The van der Waals surface area contributed by atoms with Crippen molar-refractivity contribution in [3.05, 3.63) is 70.6 Å². The van der Waals surface area contributed by atoms with E-state index < -0.39 is 0 Å². The van der Waals surface area contributed by atoms with Gasteiger partial charge in [-0.1, -0.05) is 24.3 Å². The third-order valence-corrected chi connectivity index (χ3v) is 5.33. The summed E-state index contributed by atoms with van der Waals surface area (Å²) in [6, 6.07) is 12.8. The van der Waals surface area contributed by atoms with Crippen LogP contribution in [0.25, 0.3) is 10.1 Å². The highest BCUT2D eigenvalue weighted by Gasteiger charge is 2.17. The number of nitrogens with one attached hydrogen (secondary N) is 1. The molecule has 1 amide bonds. The topological polar surface area (TPSA) is 59.9 Å². The van der Waals surface area contributed by atoms with Gasteiger partial charge in [0.1, 0.15) is 23.0 Å². The quantitative estimate of drug-likeness (QED) is 0.349. The molecular formula is C20H17ClN2O3S. The fraction of sp³-hybridized carbons (Fsp3) is 0.100. The van der Waals surface area contributed by atoms with Crippen molar-refractivity contribution in [1.29, 1.82) is 0 Å². The number of fused-ring (bicyclic) bond motifs is 1. The molecule has 138 valence electrons. The lowest BCUT2D eigenvalue weighted by atomic mass is 10.2.